The number of nitrogens with zero attached hydrogens (tertiary/aromatic N) is 2. The molecule has 7 heteroatoms. The molecular formula is C25H32N4OS2. The summed E-state index contributed by atoms with van der Waals surface area (Å²) < 4.78 is 3.35. The zero-order valence-electron chi connectivity index (χ0n) is 19.1. The molecule has 0 saturated carbocycles. The van der Waals surface area contributed by atoms with Crippen LogP contribution in [-0.4, -0.2) is 27.7 Å². The first-order valence-electron chi connectivity index (χ1n) is 10.9. The number of thioether (sulfide) groups is 1. The van der Waals surface area contributed by atoms with Gasteiger partial charge in [-0.1, -0.05) is 75.0 Å². The Bertz CT molecular complexity index is 981. The summed E-state index contributed by atoms with van der Waals surface area (Å²) in [7, 11) is 0. The summed E-state index contributed by atoms with van der Waals surface area (Å²) in [4.78, 5) is 10.4. The Kier molecular flexibility index (Phi) is 8.84. The minimum absolute atomic E-state index is 0.0362. The molecular weight excluding hydrogens is 436 g/mol. The Labute approximate surface area is 200 Å². The molecule has 5 nitrogen and oxygen atoms in total. The smallest absolute Gasteiger partial charge is 0.191 e. The van der Waals surface area contributed by atoms with Crippen LogP contribution < -0.4 is 10.0 Å². The van der Waals surface area contributed by atoms with E-state index >= 15 is 0 Å². The lowest BCUT2D eigenvalue weighted by molar-refractivity contribution is 0.281. The highest BCUT2D eigenvalue weighted by Crippen LogP contribution is 2.30. The van der Waals surface area contributed by atoms with Crippen molar-refractivity contribution in [2.75, 3.05) is 16.6 Å². The van der Waals surface area contributed by atoms with Crippen molar-refractivity contribution in [2.24, 2.45) is 0 Å². The van der Waals surface area contributed by atoms with Crippen molar-refractivity contribution in [2.45, 2.75) is 61.4 Å². The Balaban J connectivity index is 1.71. The maximum absolute atomic E-state index is 9.41. The van der Waals surface area contributed by atoms with E-state index in [4.69, 9.17) is 0 Å². The molecule has 0 spiro atoms. The van der Waals surface area contributed by atoms with Crippen LogP contribution in [0.3, 0.4) is 0 Å². The number of aliphatic hydroxyl groups is 1. The van der Waals surface area contributed by atoms with Gasteiger partial charge in [0.25, 0.3) is 0 Å². The van der Waals surface area contributed by atoms with Crippen LogP contribution in [0.5, 0.6) is 0 Å². The molecule has 1 atom stereocenters. The molecule has 0 unspecified atom stereocenters. The third kappa shape index (κ3) is 7.15. The molecule has 1 aromatic heterocycles. The van der Waals surface area contributed by atoms with Crippen molar-refractivity contribution < 1.29 is 5.11 Å². The highest BCUT2D eigenvalue weighted by molar-refractivity contribution is 8.00. The molecule has 0 amide bonds. The van der Waals surface area contributed by atoms with E-state index in [2.05, 4.69) is 77.2 Å². The fraction of sp³-hybridized carbons (Fsp3) is 0.360. The summed E-state index contributed by atoms with van der Waals surface area (Å²) in [6, 6.07) is 20.8. The molecule has 0 radical (unpaired) electrons. The Morgan fingerprint density at radius 1 is 1.00 bits per heavy atom. The lowest BCUT2D eigenvalue weighted by atomic mass is 9.82. The van der Waals surface area contributed by atoms with E-state index in [1.54, 1.807) is 11.8 Å². The van der Waals surface area contributed by atoms with Crippen LogP contribution in [0, 0.1) is 0 Å². The normalized spacial score (nSPS) is 12.4. The predicted molar refractivity (Wildman–Crippen MR) is 137 cm³/mol. The van der Waals surface area contributed by atoms with Gasteiger partial charge in [0.05, 0.1) is 6.61 Å². The molecule has 3 rings (SSSR count). The third-order valence-electron chi connectivity index (χ3n) is 5.38. The van der Waals surface area contributed by atoms with Gasteiger partial charge in [0, 0.05) is 22.8 Å². The van der Waals surface area contributed by atoms with Crippen LogP contribution in [0.2, 0.25) is 0 Å². The van der Waals surface area contributed by atoms with Gasteiger partial charge >= 0.3 is 0 Å². The van der Waals surface area contributed by atoms with Gasteiger partial charge in [0.1, 0.15) is 11.6 Å². The molecule has 0 fully saturated rings. The number of rotatable bonds is 11. The van der Waals surface area contributed by atoms with Gasteiger partial charge < -0.3 is 15.1 Å². The maximum Gasteiger partial charge on any atom is 0.191 e. The second kappa shape index (κ2) is 11.6. The number of benzene rings is 2. The molecule has 32 heavy (non-hydrogen) atoms. The maximum atomic E-state index is 9.41. The Morgan fingerprint density at radius 3 is 2.34 bits per heavy atom. The Hall–Kier alpha value is -2.22. The van der Waals surface area contributed by atoms with Crippen molar-refractivity contribution in [3.63, 3.8) is 0 Å². The third-order valence-corrected chi connectivity index (χ3v) is 7.12. The highest BCUT2D eigenvalue weighted by atomic mass is 32.2. The fourth-order valence-electron chi connectivity index (χ4n) is 2.93. The number of aliphatic hydroxyl groups excluding tert-OH is 1. The average Bonchev–Trinajstić information content (AvgIpc) is 2.82. The number of anilines is 2. The van der Waals surface area contributed by atoms with Crippen LogP contribution in [-0.2, 0) is 11.2 Å². The van der Waals surface area contributed by atoms with Gasteiger partial charge in [0.15, 0.2) is 5.16 Å². The summed E-state index contributed by atoms with van der Waals surface area (Å²) >= 11 is 3.12. The van der Waals surface area contributed by atoms with Crippen LogP contribution in [0.4, 0.5) is 11.6 Å². The van der Waals surface area contributed by atoms with E-state index in [-0.39, 0.29) is 18.1 Å². The van der Waals surface area contributed by atoms with Crippen molar-refractivity contribution in [1.82, 2.24) is 9.97 Å². The van der Waals surface area contributed by atoms with Gasteiger partial charge in [-0.25, -0.2) is 9.97 Å². The van der Waals surface area contributed by atoms with E-state index < -0.39 is 0 Å². The fourth-order valence-corrected chi connectivity index (χ4v) is 4.34. The van der Waals surface area contributed by atoms with Gasteiger partial charge in [-0.05, 0) is 54.0 Å². The summed E-state index contributed by atoms with van der Waals surface area (Å²) in [6.07, 6.45) is 1.10. The minimum atomic E-state index is -0.0909. The topological polar surface area (TPSA) is 70.1 Å². The summed E-state index contributed by atoms with van der Waals surface area (Å²) in [5, 5.41) is 13.3. The number of nitrogens with one attached hydrogen (secondary N) is 2. The van der Waals surface area contributed by atoms with Gasteiger partial charge in [-0.2, -0.15) is 0 Å². The lowest BCUT2D eigenvalue weighted by Crippen LogP contribution is -2.20. The van der Waals surface area contributed by atoms with E-state index in [1.807, 2.05) is 31.2 Å². The van der Waals surface area contributed by atoms with Crippen LogP contribution in [0.1, 0.15) is 45.2 Å². The average molecular weight is 469 g/mol. The summed E-state index contributed by atoms with van der Waals surface area (Å²) in [5.74, 6) is 2.22. The first-order chi connectivity index (χ1) is 15.4. The SMILES string of the molecule is CCC(C)(C)c1ccc(SNc2cc(N[C@H](C)CO)nc(SCc3ccccc3)n2)cc1. The first kappa shape index (κ1) is 24.4. The zero-order chi connectivity index (χ0) is 23.0. The molecule has 0 aliphatic heterocycles. The van der Waals surface area contributed by atoms with Gasteiger partial charge in [-0.3, -0.25) is 0 Å². The monoisotopic (exact) mass is 468 g/mol. The second-order valence-electron chi connectivity index (χ2n) is 8.39. The zero-order valence-corrected chi connectivity index (χ0v) is 20.8. The van der Waals surface area contributed by atoms with Crippen LogP contribution >= 0.6 is 23.7 Å². The first-order valence-corrected chi connectivity index (χ1v) is 12.7. The molecule has 1 heterocycles. The van der Waals surface area contributed by atoms with Crippen LogP contribution in [0.15, 0.2) is 70.7 Å². The summed E-state index contributed by atoms with van der Waals surface area (Å²) in [6.45, 7) is 8.71. The van der Waals surface area contributed by atoms with Crippen LogP contribution in [0.25, 0.3) is 0 Å². The van der Waals surface area contributed by atoms with E-state index in [0.717, 1.165) is 22.9 Å². The number of hydrogen-bond donors (Lipinski definition) is 3. The van der Waals surface area contributed by atoms with E-state index in [1.165, 1.54) is 23.1 Å². The van der Waals surface area contributed by atoms with Crippen molar-refractivity contribution in [3.8, 4) is 0 Å². The van der Waals surface area contributed by atoms with E-state index in [0.29, 0.717) is 11.0 Å². The standard InChI is InChI=1S/C25H32N4OS2/c1-5-25(3,4)20-11-13-21(14-12-20)32-29-23-15-22(26-18(2)16-30)27-24(28-23)31-17-19-9-7-6-8-10-19/h6-15,18,30H,5,16-17H2,1-4H3,(H2,26,27,28,29)/t18-/m1/s1. The highest BCUT2D eigenvalue weighted by Gasteiger charge is 2.17. The second-order valence-corrected chi connectivity index (χ2v) is 10.2. The molecule has 2 aromatic carbocycles. The molecule has 0 aliphatic rings. The van der Waals surface area contributed by atoms with E-state index in [9.17, 15) is 5.11 Å². The molecule has 3 aromatic rings. The molecule has 3 N–H and O–H groups in total. The lowest BCUT2D eigenvalue weighted by Gasteiger charge is -2.23. The molecule has 0 bridgehead atoms. The predicted octanol–water partition coefficient (Wildman–Crippen LogP) is 6.37. The van der Waals surface area contributed by atoms with Crippen molar-refractivity contribution in [1.29, 1.82) is 0 Å². The molecule has 0 aliphatic carbocycles. The number of aromatic nitrogens is 2. The molecule has 0 saturated heterocycles. The van der Waals surface area contributed by atoms with Gasteiger partial charge in [-0.15, -0.1) is 0 Å². The molecule has 170 valence electrons. The number of hydrogen-bond acceptors (Lipinski definition) is 7. The largest absolute Gasteiger partial charge is 0.394 e. The minimum Gasteiger partial charge on any atom is -0.394 e. The summed E-state index contributed by atoms with van der Waals surface area (Å²) in [5.41, 5.74) is 2.75. The van der Waals surface area contributed by atoms with Crippen molar-refractivity contribution in [3.05, 3.63) is 71.8 Å². The quantitative estimate of drug-likeness (QED) is 0.172. The van der Waals surface area contributed by atoms with Crippen molar-refractivity contribution >= 4 is 35.3 Å². The van der Waals surface area contributed by atoms with Gasteiger partial charge in [0.2, 0.25) is 0 Å². The Morgan fingerprint density at radius 2 is 1.69 bits per heavy atom.